The Hall–Kier alpha value is -0.800. The Kier molecular flexibility index (Phi) is 3.36. The predicted octanol–water partition coefficient (Wildman–Crippen LogP) is 2.80. The van der Waals surface area contributed by atoms with Crippen LogP contribution < -0.4 is 5.73 Å². The maximum Gasteiger partial charge on any atom is 0.120 e. The fraction of sp³-hybridized carbons (Fsp3) is 0.692. The molecule has 1 saturated carbocycles. The molecule has 1 fully saturated rings. The van der Waals surface area contributed by atoms with Gasteiger partial charge in [-0.1, -0.05) is 6.92 Å². The molecule has 1 atom stereocenters. The van der Waals surface area contributed by atoms with Crippen molar-refractivity contribution in [2.45, 2.75) is 50.7 Å². The van der Waals surface area contributed by atoms with Gasteiger partial charge in [0.15, 0.2) is 0 Å². The number of methoxy groups -OCH3 is 1. The summed E-state index contributed by atoms with van der Waals surface area (Å²) < 4.78 is 11.3. The van der Waals surface area contributed by atoms with Crippen LogP contribution in [0.1, 0.15) is 50.2 Å². The fourth-order valence-electron chi connectivity index (χ4n) is 2.35. The summed E-state index contributed by atoms with van der Waals surface area (Å²) in [6.45, 7) is 2.08. The third kappa shape index (κ3) is 2.15. The largest absolute Gasteiger partial charge is 0.464 e. The zero-order chi connectivity index (χ0) is 11.6. The van der Waals surface area contributed by atoms with Crippen LogP contribution in [0.5, 0.6) is 0 Å². The number of nitrogens with two attached hydrogens (primary N) is 1. The lowest BCUT2D eigenvalue weighted by Gasteiger charge is -2.41. The van der Waals surface area contributed by atoms with E-state index < -0.39 is 0 Å². The molecule has 3 heteroatoms. The van der Waals surface area contributed by atoms with Crippen LogP contribution in [0.4, 0.5) is 0 Å². The molecule has 2 rings (SSSR count). The van der Waals surface area contributed by atoms with Crippen LogP contribution in [0, 0.1) is 0 Å². The van der Waals surface area contributed by atoms with E-state index >= 15 is 0 Å². The van der Waals surface area contributed by atoms with Gasteiger partial charge in [0.05, 0.1) is 11.6 Å². The summed E-state index contributed by atoms with van der Waals surface area (Å²) in [5, 5.41) is 0. The first-order valence-corrected chi connectivity index (χ1v) is 6.08. The van der Waals surface area contributed by atoms with E-state index in [9.17, 15) is 0 Å². The molecule has 1 unspecified atom stereocenters. The summed E-state index contributed by atoms with van der Waals surface area (Å²) >= 11 is 0. The molecule has 0 spiro atoms. The second-order valence-electron chi connectivity index (χ2n) is 4.71. The van der Waals surface area contributed by atoms with E-state index in [2.05, 4.69) is 6.92 Å². The van der Waals surface area contributed by atoms with Crippen molar-refractivity contribution in [2.75, 3.05) is 7.11 Å². The Balaban J connectivity index is 1.99. The van der Waals surface area contributed by atoms with Crippen LogP contribution in [-0.4, -0.2) is 12.7 Å². The van der Waals surface area contributed by atoms with Crippen LogP contribution in [0.25, 0.3) is 0 Å². The van der Waals surface area contributed by atoms with Gasteiger partial charge in [0.2, 0.25) is 0 Å². The highest BCUT2D eigenvalue weighted by molar-refractivity contribution is 5.11. The summed E-state index contributed by atoms with van der Waals surface area (Å²) in [6, 6.07) is 3.96. The van der Waals surface area contributed by atoms with Gasteiger partial charge in [0.25, 0.3) is 0 Å². The van der Waals surface area contributed by atoms with Crippen LogP contribution in [0.2, 0.25) is 0 Å². The molecule has 1 aromatic heterocycles. The lowest BCUT2D eigenvalue weighted by atomic mass is 9.75. The Morgan fingerprint density at radius 3 is 2.69 bits per heavy atom. The Bertz CT molecular complexity index is 336. The van der Waals surface area contributed by atoms with E-state index in [1.165, 1.54) is 6.42 Å². The van der Waals surface area contributed by atoms with Gasteiger partial charge in [-0.05, 0) is 37.8 Å². The zero-order valence-corrected chi connectivity index (χ0v) is 10.2. The molecule has 1 aliphatic carbocycles. The van der Waals surface area contributed by atoms with Crippen molar-refractivity contribution in [2.24, 2.45) is 5.73 Å². The van der Waals surface area contributed by atoms with Gasteiger partial charge in [0, 0.05) is 13.5 Å². The SMILES string of the molecule is CCc1ccc(C(N)CC2(OC)CCC2)o1. The molecule has 1 heterocycles. The molecule has 1 aliphatic rings. The van der Waals surface area contributed by atoms with E-state index in [4.69, 9.17) is 14.9 Å². The number of hydrogen-bond donors (Lipinski definition) is 1. The first-order valence-electron chi connectivity index (χ1n) is 6.08. The lowest BCUT2D eigenvalue weighted by Crippen LogP contribution is -2.41. The first-order chi connectivity index (χ1) is 7.69. The number of furan rings is 1. The summed E-state index contributed by atoms with van der Waals surface area (Å²) in [6.07, 6.45) is 5.28. The van der Waals surface area contributed by atoms with Gasteiger partial charge in [-0.25, -0.2) is 0 Å². The van der Waals surface area contributed by atoms with Crippen molar-refractivity contribution in [1.82, 2.24) is 0 Å². The molecule has 0 aliphatic heterocycles. The van der Waals surface area contributed by atoms with Crippen molar-refractivity contribution >= 4 is 0 Å². The van der Waals surface area contributed by atoms with E-state index in [1.54, 1.807) is 7.11 Å². The van der Waals surface area contributed by atoms with E-state index in [-0.39, 0.29) is 11.6 Å². The van der Waals surface area contributed by atoms with Crippen molar-refractivity contribution in [3.8, 4) is 0 Å². The molecule has 0 aromatic carbocycles. The molecule has 0 bridgehead atoms. The van der Waals surface area contributed by atoms with Crippen LogP contribution in [0.15, 0.2) is 16.5 Å². The third-order valence-corrected chi connectivity index (χ3v) is 3.69. The molecule has 3 nitrogen and oxygen atoms in total. The average molecular weight is 223 g/mol. The monoisotopic (exact) mass is 223 g/mol. The minimum atomic E-state index is -0.0412. The maximum atomic E-state index is 6.16. The first kappa shape index (κ1) is 11.7. The molecule has 16 heavy (non-hydrogen) atoms. The summed E-state index contributed by atoms with van der Waals surface area (Å²) in [5.41, 5.74) is 6.17. The molecule has 0 saturated heterocycles. The number of hydrogen-bond acceptors (Lipinski definition) is 3. The van der Waals surface area contributed by atoms with Gasteiger partial charge in [0.1, 0.15) is 11.5 Å². The Labute approximate surface area is 97.0 Å². The average Bonchev–Trinajstić information content (AvgIpc) is 2.71. The van der Waals surface area contributed by atoms with Gasteiger partial charge in [-0.15, -0.1) is 0 Å². The smallest absolute Gasteiger partial charge is 0.120 e. The predicted molar refractivity (Wildman–Crippen MR) is 63.2 cm³/mol. The molecule has 0 radical (unpaired) electrons. The number of ether oxygens (including phenoxy) is 1. The topological polar surface area (TPSA) is 48.4 Å². The molecular formula is C13H21NO2. The second kappa shape index (κ2) is 4.60. The molecular weight excluding hydrogens is 202 g/mol. The quantitative estimate of drug-likeness (QED) is 0.835. The van der Waals surface area contributed by atoms with Crippen molar-refractivity contribution < 1.29 is 9.15 Å². The molecule has 1 aromatic rings. The third-order valence-electron chi connectivity index (χ3n) is 3.69. The molecule has 0 amide bonds. The maximum absolute atomic E-state index is 6.16. The molecule has 90 valence electrons. The normalized spacial score (nSPS) is 20.4. The van der Waals surface area contributed by atoms with Gasteiger partial charge < -0.3 is 14.9 Å². The minimum Gasteiger partial charge on any atom is -0.464 e. The van der Waals surface area contributed by atoms with Crippen LogP contribution in [-0.2, 0) is 11.2 Å². The Morgan fingerprint density at radius 1 is 1.50 bits per heavy atom. The van der Waals surface area contributed by atoms with Crippen molar-refractivity contribution in [3.63, 3.8) is 0 Å². The van der Waals surface area contributed by atoms with Gasteiger partial charge >= 0.3 is 0 Å². The lowest BCUT2D eigenvalue weighted by molar-refractivity contribution is -0.0826. The number of rotatable bonds is 5. The standard InChI is InChI=1S/C13H21NO2/c1-3-10-5-6-12(16-10)11(14)9-13(15-2)7-4-8-13/h5-6,11H,3-4,7-9,14H2,1-2H3. The van der Waals surface area contributed by atoms with E-state index in [1.807, 2.05) is 12.1 Å². The highest BCUT2D eigenvalue weighted by atomic mass is 16.5. The number of aryl methyl sites for hydroxylation is 1. The van der Waals surface area contributed by atoms with Crippen molar-refractivity contribution in [1.29, 1.82) is 0 Å². The highest BCUT2D eigenvalue weighted by Crippen LogP contribution is 2.41. The van der Waals surface area contributed by atoms with Gasteiger partial charge in [-0.3, -0.25) is 0 Å². The minimum absolute atomic E-state index is 0.0125. The van der Waals surface area contributed by atoms with E-state index in [0.717, 1.165) is 37.2 Å². The summed E-state index contributed by atoms with van der Waals surface area (Å²) in [7, 11) is 1.78. The highest BCUT2D eigenvalue weighted by Gasteiger charge is 2.39. The van der Waals surface area contributed by atoms with Gasteiger partial charge in [-0.2, -0.15) is 0 Å². The summed E-state index contributed by atoms with van der Waals surface area (Å²) in [4.78, 5) is 0. The van der Waals surface area contributed by atoms with E-state index in [0.29, 0.717) is 0 Å². The Morgan fingerprint density at radius 2 is 2.25 bits per heavy atom. The fourth-order valence-corrected chi connectivity index (χ4v) is 2.35. The van der Waals surface area contributed by atoms with Crippen LogP contribution >= 0.6 is 0 Å². The van der Waals surface area contributed by atoms with Crippen molar-refractivity contribution in [3.05, 3.63) is 23.7 Å². The zero-order valence-electron chi connectivity index (χ0n) is 10.2. The second-order valence-corrected chi connectivity index (χ2v) is 4.71. The van der Waals surface area contributed by atoms with Crippen LogP contribution in [0.3, 0.4) is 0 Å². The summed E-state index contributed by atoms with van der Waals surface area (Å²) in [5.74, 6) is 1.89. The molecule has 2 N–H and O–H groups in total.